The molecule has 4 nitrogen and oxygen atoms in total. The van der Waals surface area contributed by atoms with Gasteiger partial charge in [-0.25, -0.2) is 4.84 Å². The molecule has 2 rings (SSSR count). The Bertz CT molecular complexity index is 362. The number of rotatable bonds is 3. The largest absolute Gasteiger partial charge is 0.502 e. The highest BCUT2D eigenvalue weighted by atomic mass is 16.6. The van der Waals surface area contributed by atoms with Crippen LogP contribution in [0.1, 0.15) is 17.0 Å². The second-order valence-corrected chi connectivity index (χ2v) is 3.98. The molecule has 0 bridgehead atoms. The number of aryl methyl sites for hydroxylation is 1. The first-order valence-corrected chi connectivity index (χ1v) is 5.12. The molecule has 82 valence electrons. The summed E-state index contributed by atoms with van der Waals surface area (Å²) in [5.74, 6) is 0.890. The zero-order valence-electron chi connectivity index (χ0n) is 9.08. The minimum absolute atomic E-state index is 0.313. The maximum absolute atomic E-state index is 9.80. The van der Waals surface area contributed by atoms with Crippen LogP contribution in [0.3, 0.4) is 0 Å². The molecule has 0 spiro atoms. The van der Waals surface area contributed by atoms with E-state index in [0.29, 0.717) is 11.7 Å². The van der Waals surface area contributed by atoms with Gasteiger partial charge in [0.15, 0.2) is 5.75 Å². The maximum Gasteiger partial charge on any atom is 0.204 e. The number of aromatic hydroxyl groups is 1. The Balaban J connectivity index is 2.31. The fourth-order valence-electron chi connectivity index (χ4n) is 1.81. The van der Waals surface area contributed by atoms with Crippen molar-refractivity contribution >= 4 is 5.69 Å². The number of phenols is 1. The Hall–Kier alpha value is -1.10. The Kier molecular flexibility index (Phi) is 2.90. The number of phenolic OH excluding ortho intramolecular Hbond substituents is 1. The molecule has 1 heterocycles. The average Bonchev–Trinajstić information content (AvgIpc) is 2.11. The summed E-state index contributed by atoms with van der Waals surface area (Å²) >= 11 is 0. The molecule has 1 aliphatic heterocycles. The first kappa shape index (κ1) is 10.4. The summed E-state index contributed by atoms with van der Waals surface area (Å²) in [6.07, 6.45) is 0. The zero-order chi connectivity index (χ0) is 10.8. The molecule has 0 unspecified atom stereocenters. The van der Waals surface area contributed by atoms with Gasteiger partial charge in [0.2, 0.25) is 5.69 Å². The van der Waals surface area contributed by atoms with Crippen molar-refractivity contribution in [3.63, 3.8) is 0 Å². The van der Waals surface area contributed by atoms with Gasteiger partial charge in [-0.15, -0.1) is 0 Å². The topological polar surface area (TPSA) is 58.1 Å². The van der Waals surface area contributed by atoms with Gasteiger partial charge in [0.1, 0.15) is 0 Å². The second kappa shape index (κ2) is 4.18. The van der Waals surface area contributed by atoms with Crippen LogP contribution >= 0.6 is 0 Å². The first-order chi connectivity index (χ1) is 7.22. The predicted molar refractivity (Wildman–Crippen MR) is 57.0 cm³/mol. The number of quaternary nitrogens is 1. The van der Waals surface area contributed by atoms with E-state index in [-0.39, 0.29) is 0 Å². The molecular formula is C11H17N2O2+. The lowest BCUT2D eigenvalue weighted by Crippen LogP contribution is -2.76. The standard InChI is InChI=1S/C11H16N2O2/c1-7-3-8(9-5-12-6-9)4-10(11(7)14)13-15-2/h3-4,9,12-14H,5-6H2,1-2H3/p+1. The van der Waals surface area contributed by atoms with Crippen molar-refractivity contribution in [2.75, 3.05) is 20.2 Å². The van der Waals surface area contributed by atoms with Crippen molar-refractivity contribution in [1.82, 2.24) is 5.32 Å². The van der Waals surface area contributed by atoms with Crippen LogP contribution in [0.4, 0.5) is 5.69 Å². The first-order valence-electron chi connectivity index (χ1n) is 5.12. The maximum atomic E-state index is 9.80. The third-order valence-corrected chi connectivity index (χ3v) is 2.85. The summed E-state index contributed by atoms with van der Waals surface area (Å²) < 4.78 is 0. The minimum Gasteiger partial charge on any atom is -0.502 e. The lowest BCUT2D eigenvalue weighted by molar-refractivity contribution is -0.830. The van der Waals surface area contributed by atoms with Crippen LogP contribution < -0.4 is 10.8 Å². The van der Waals surface area contributed by atoms with Gasteiger partial charge in [-0.3, -0.25) is 0 Å². The molecule has 1 saturated heterocycles. The van der Waals surface area contributed by atoms with Gasteiger partial charge in [-0.1, -0.05) is 6.07 Å². The third kappa shape index (κ3) is 1.97. The lowest BCUT2D eigenvalue weighted by atomic mass is 9.92. The van der Waals surface area contributed by atoms with Crippen molar-refractivity contribution < 1.29 is 15.4 Å². The van der Waals surface area contributed by atoms with Crippen LogP contribution in [-0.2, 0) is 4.84 Å². The van der Waals surface area contributed by atoms with E-state index >= 15 is 0 Å². The zero-order valence-corrected chi connectivity index (χ0v) is 9.08. The molecule has 4 heteroatoms. The van der Waals surface area contributed by atoms with E-state index in [2.05, 4.69) is 5.32 Å². The van der Waals surface area contributed by atoms with Crippen LogP contribution in [-0.4, -0.2) is 25.3 Å². The van der Waals surface area contributed by atoms with Crippen molar-refractivity contribution in [3.8, 4) is 5.75 Å². The molecule has 0 saturated carbocycles. The third-order valence-electron chi connectivity index (χ3n) is 2.85. The van der Waals surface area contributed by atoms with Gasteiger partial charge in [0.25, 0.3) is 0 Å². The quantitative estimate of drug-likeness (QED) is 0.377. The molecule has 15 heavy (non-hydrogen) atoms. The summed E-state index contributed by atoms with van der Waals surface area (Å²) in [7, 11) is 1.59. The van der Waals surface area contributed by atoms with Crippen LogP contribution in [0, 0.1) is 6.92 Å². The lowest BCUT2D eigenvalue weighted by Gasteiger charge is -2.27. The summed E-state index contributed by atoms with van der Waals surface area (Å²) in [5.41, 5.74) is 4.52. The van der Waals surface area contributed by atoms with E-state index in [1.807, 2.05) is 19.1 Å². The van der Waals surface area contributed by atoms with Crippen molar-refractivity contribution in [1.29, 1.82) is 0 Å². The van der Waals surface area contributed by atoms with E-state index in [1.54, 1.807) is 12.6 Å². The molecule has 1 aromatic rings. The molecule has 4 N–H and O–H groups in total. The van der Waals surface area contributed by atoms with E-state index in [1.165, 1.54) is 5.56 Å². The Labute approximate surface area is 89.2 Å². The van der Waals surface area contributed by atoms with Crippen molar-refractivity contribution in [3.05, 3.63) is 23.3 Å². The average molecular weight is 209 g/mol. The van der Waals surface area contributed by atoms with Gasteiger partial charge >= 0.3 is 0 Å². The Morgan fingerprint density at radius 2 is 2.20 bits per heavy atom. The molecule has 0 aromatic heterocycles. The van der Waals surface area contributed by atoms with Gasteiger partial charge < -0.3 is 10.4 Å². The molecule has 1 aromatic carbocycles. The summed E-state index contributed by atoms with van der Waals surface area (Å²) in [5, 5.41) is 13.0. The van der Waals surface area contributed by atoms with E-state index in [0.717, 1.165) is 24.3 Å². The highest BCUT2D eigenvalue weighted by Crippen LogP contribution is 2.30. The fourth-order valence-corrected chi connectivity index (χ4v) is 1.81. The smallest absolute Gasteiger partial charge is 0.204 e. The highest BCUT2D eigenvalue weighted by molar-refractivity contribution is 5.52. The van der Waals surface area contributed by atoms with Gasteiger partial charge in [-0.2, -0.15) is 5.48 Å². The van der Waals surface area contributed by atoms with E-state index < -0.39 is 0 Å². The number of nitrogens with one attached hydrogen (secondary N) is 1. The van der Waals surface area contributed by atoms with Gasteiger partial charge in [0, 0.05) is 25.1 Å². The molecule has 0 amide bonds. The minimum atomic E-state index is 0.313. The molecule has 1 aliphatic rings. The SMILES string of the molecule is CO[NH2+]c1cc(C2CNC2)cc(C)c1O. The molecule has 0 radical (unpaired) electrons. The molecule has 0 aliphatic carbocycles. The molecular weight excluding hydrogens is 192 g/mol. The predicted octanol–water partition coefficient (Wildman–Crippen LogP) is 0.144. The Morgan fingerprint density at radius 3 is 2.73 bits per heavy atom. The van der Waals surface area contributed by atoms with Crippen LogP contribution in [0.5, 0.6) is 5.75 Å². The fraction of sp³-hybridized carbons (Fsp3) is 0.455. The van der Waals surface area contributed by atoms with E-state index in [4.69, 9.17) is 4.84 Å². The van der Waals surface area contributed by atoms with E-state index in [9.17, 15) is 5.11 Å². The molecule has 0 atom stereocenters. The summed E-state index contributed by atoms with van der Waals surface area (Å²) in [4.78, 5) is 4.95. The van der Waals surface area contributed by atoms with Crippen LogP contribution in [0.15, 0.2) is 12.1 Å². The molecule has 1 fully saturated rings. The number of benzene rings is 1. The summed E-state index contributed by atoms with van der Waals surface area (Å²) in [6, 6.07) is 4.05. The monoisotopic (exact) mass is 209 g/mol. The van der Waals surface area contributed by atoms with Crippen LogP contribution in [0.2, 0.25) is 0 Å². The Morgan fingerprint density at radius 1 is 1.47 bits per heavy atom. The normalized spacial score (nSPS) is 16.4. The van der Waals surface area contributed by atoms with Gasteiger partial charge in [-0.05, 0) is 18.1 Å². The second-order valence-electron chi connectivity index (χ2n) is 3.98. The highest BCUT2D eigenvalue weighted by Gasteiger charge is 2.22. The van der Waals surface area contributed by atoms with Crippen LogP contribution in [0.25, 0.3) is 0 Å². The van der Waals surface area contributed by atoms with Crippen molar-refractivity contribution in [2.24, 2.45) is 0 Å². The number of hydrogen-bond acceptors (Lipinski definition) is 3. The van der Waals surface area contributed by atoms with Crippen molar-refractivity contribution in [2.45, 2.75) is 12.8 Å². The van der Waals surface area contributed by atoms with Gasteiger partial charge in [0.05, 0.1) is 7.11 Å². The summed E-state index contributed by atoms with van der Waals surface area (Å²) in [6.45, 7) is 3.96. The number of hydrogen-bond donors (Lipinski definition) is 3. The number of nitrogens with two attached hydrogens (primary N) is 1.